The summed E-state index contributed by atoms with van der Waals surface area (Å²) in [5.41, 5.74) is 6.77. The first-order valence-corrected chi connectivity index (χ1v) is 6.16. The number of ether oxygens (including phenoxy) is 1. The summed E-state index contributed by atoms with van der Waals surface area (Å²) in [4.78, 5) is 8.38. The molecule has 102 valence electrons. The van der Waals surface area contributed by atoms with Gasteiger partial charge in [0.1, 0.15) is 5.82 Å². The molecule has 0 saturated carbocycles. The van der Waals surface area contributed by atoms with Crippen molar-refractivity contribution in [2.75, 3.05) is 17.7 Å². The van der Waals surface area contributed by atoms with Crippen LogP contribution in [0, 0.1) is 0 Å². The van der Waals surface area contributed by atoms with Gasteiger partial charge in [-0.15, -0.1) is 0 Å². The SMILES string of the molecule is CCCOc1ccnc(NCc2cnn(C)c2N)n1. The van der Waals surface area contributed by atoms with Crippen molar-refractivity contribution in [3.63, 3.8) is 0 Å². The molecule has 0 fully saturated rings. The van der Waals surface area contributed by atoms with E-state index in [0.29, 0.717) is 30.8 Å². The highest BCUT2D eigenvalue weighted by Crippen LogP contribution is 2.13. The molecule has 0 unspecified atom stereocenters. The minimum atomic E-state index is 0.511. The molecule has 0 aliphatic heterocycles. The summed E-state index contributed by atoms with van der Waals surface area (Å²) >= 11 is 0. The average Bonchev–Trinajstić information content (AvgIpc) is 2.75. The van der Waals surface area contributed by atoms with E-state index in [4.69, 9.17) is 10.5 Å². The van der Waals surface area contributed by atoms with Gasteiger partial charge in [0.25, 0.3) is 0 Å². The first kappa shape index (κ1) is 13.1. The third kappa shape index (κ3) is 3.34. The Hall–Kier alpha value is -2.31. The smallest absolute Gasteiger partial charge is 0.226 e. The molecule has 2 heterocycles. The zero-order valence-corrected chi connectivity index (χ0v) is 11.1. The van der Waals surface area contributed by atoms with E-state index in [0.717, 1.165) is 12.0 Å². The van der Waals surface area contributed by atoms with Crippen molar-refractivity contribution >= 4 is 11.8 Å². The van der Waals surface area contributed by atoms with Gasteiger partial charge in [-0.1, -0.05) is 6.92 Å². The van der Waals surface area contributed by atoms with Crippen LogP contribution < -0.4 is 15.8 Å². The van der Waals surface area contributed by atoms with Crippen LogP contribution in [0.1, 0.15) is 18.9 Å². The number of aromatic nitrogens is 4. The summed E-state index contributed by atoms with van der Waals surface area (Å²) in [6.07, 6.45) is 4.33. The number of hydrogen-bond donors (Lipinski definition) is 2. The van der Waals surface area contributed by atoms with Gasteiger partial charge in [0.2, 0.25) is 11.8 Å². The Bertz CT molecular complexity index is 539. The van der Waals surface area contributed by atoms with Gasteiger partial charge in [0, 0.05) is 31.4 Å². The minimum Gasteiger partial charge on any atom is -0.478 e. The van der Waals surface area contributed by atoms with Crippen LogP contribution in [0.4, 0.5) is 11.8 Å². The Morgan fingerprint density at radius 2 is 2.32 bits per heavy atom. The lowest BCUT2D eigenvalue weighted by Gasteiger charge is -2.07. The van der Waals surface area contributed by atoms with Crippen LogP contribution in [-0.4, -0.2) is 26.4 Å². The first-order valence-electron chi connectivity index (χ1n) is 6.16. The molecule has 2 aromatic rings. The molecule has 0 spiro atoms. The second-order valence-corrected chi connectivity index (χ2v) is 4.10. The maximum absolute atomic E-state index is 5.86. The number of nitrogens with one attached hydrogen (secondary N) is 1. The zero-order chi connectivity index (χ0) is 13.7. The van der Waals surface area contributed by atoms with E-state index in [1.165, 1.54) is 0 Å². The van der Waals surface area contributed by atoms with Crippen molar-refractivity contribution in [1.82, 2.24) is 19.7 Å². The Morgan fingerprint density at radius 3 is 3.00 bits per heavy atom. The fraction of sp³-hybridized carbons (Fsp3) is 0.417. The van der Waals surface area contributed by atoms with Crippen LogP contribution in [0.5, 0.6) is 5.88 Å². The third-order valence-corrected chi connectivity index (χ3v) is 2.59. The molecule has 2 rings (SSSR count). The monoisotopic (exact) mass is 262 g/mol. The number of nitrogen functional groups attached to an aromatic ring is 1. The summed E-state index contributed by atoms with van der Waals surface area (Å²) < 4.78 is 7.07. The molecular weight excluding hydrogens is 244 g/mol. The van der Waals surface area contributed by atoms with Gasteiger partial charge in [0.05, 0.1) is 12.8 Å². The predicted molar refractivity (Wildman–Crippen MR) is 72.8 cm³/mol. The van der Waals surface area contributed by atoms with E-state index < -0.39 is 0 Å². The van der Waals surface area contributed by atoms with Crippen LogP contribution in [0.15, 0.2) is 18.5 Å². The Morgan fingerprint density at radius 1 is 1.47 bits per heavy atom. The molecule has 0 bridgehead atoms. The van der Waals surface area contributed by atoms with Crippen LogP contribution in [0.2, 0.25) is 0 Å². The van der Waals surface area contributed by atoms with Crippen LogP contribution >= 0.6 is 0 Å². The van der Waals surface area contributed by atoms with Crippen molar-refractivity contribution in [3.05, 3.63) is 24.0 Å². The highest BCUT2D eigenvalue weighted by molar-refractivity contribution is 5.41. The fourth-order valence-corrected chi connectivity index (χ4v) is 1.52. The molecule has 0 aliphatic carbocycles. The highest BCUT2D eigenvalue weighted by Gasteiger charge is 2.05. The topological polar surface area (TPSA) is 90.9 Å². The lowest BCUT2D eigenvalue weighted by Crippen LogP contribution is -2.07. The molecule has 0 aromatic carbocycles. The highest BCUT2D eigenvalue weighted by atomic mass is 16.5. The summed E-state index contributed by atoms with van der Waals surface area (Å²) in [6.45, 7) is 3.22. The molecule has 0 saturated heterocycles. The molecule has 0 amide bonds. The number of anilines is 2. The molecular formula is C12H18N6O. The van der Waals surface area contributed by atoms with E-state index in [1.54, 1.807) is 30.2 Å². The molecule has 0 atom stereocenters. The number of hydrogen-bond acceptors (Lipinski definition) is 6. The quantitative estimate of drug-likeness (QED) is 0.812. The van der Waals surface area contributed by atoms with Crippen molar-refractivity contribution < 1.29 is 4.74 Å². The number of nitrogens with zero attached hydrogens (tertiary/aromatic N) is 4. The summed E-state index contributed by atoms with van der Waals surface area (Å²) in [5, 5.41) is 7.17. The standard InChI is InChI=1S/C12H18N6O/c1-3-6-19-10-4-5-14-12(17-10)15-7-9-8-16-18(2)11(9)13/h4-5,8H,3,6-7,13H2,1-2H3,(H,14,15,17). The second-order valence-electron chi connectivity index (χ2n) is 4.10. The fourth-order valence-electron chi connectivity index (χ4n) is 1.52. The van der Waals surface area contributed by atoms with E-state index >= 15 is 0 Å². The molecule has 7 heteroatoms. The minimum absolute atomic E-state index is 0.511. The average molecular weight is 262 g/mol. The number of nitrogens with two attached hydrogens (primary N) is 1. The third-order valence-electron chi connectivity index (χ3n) is 2.59. The largest absolute Gasteiger partial charge is 0.478 e. The Balaban J connectivity index is 1.97. The van der Waals surface area contributed by atoms with Gasteiger partial charge in [-0.05, 0) is 6.42 Å². The lowest BCUT2D eigenvalue weighted by molar-refractivity contribution is 0.305. The van der Waals surface area contributed by atoms with E-state index in [2.05, 4.69) is 20.4 Å². The molecule has 7 nitrogen and oxygen atoms in total. The number of aryl methyl sites for hydroxylation is 1. The normalized spacial score (nSPS) is 10.4. The maximum atomic E-state index is 5.86. The van der Waals surface area contributed by atoms with Crippen molar-refractivity contribution in [3.8, 4) is 5.88 Å². The molecule has 19 heavy (non-hydrogen) atoms. The van der Waals surface area contributed by atoms with Gasteiger partial charge in [-0.2, -0.15) is 10.1 Å². The Labute approximate surface area is 111 Å². The molecule has 2 aromatic heterocycles. The summed E-state index contributed by atoms with van der Waals surface area (Å²) in [7, 11) is 1.80. The van der Waals surface area contributed by atoms with E-state index in [-0.39, 0.29) is 0 Å². The Kier molecular flexibility index (Phi) is 4.17. The van der Waals surface area contributed by atoms with Gasteiger partial charge in [-0.3, -0.25) is 4.68 Å². The predicted octanol–water partition coefficient (Wildman–Crippen LogP) is 1.19. The first-order chi connectivity index (χ1) is 9.20. The molecule has 0 aliphatic rings. The summed E-state index contributed by atoms with van der Waals surface area (Å²) in [6, 6.07) is 1.74. The van der Waals surface area contributed by atoms with Crippen molar-refractivity contribution in [1.29, 1.82) is 0 Å². The van der Waals surface area contributed by atoms with Gasteiger partial charge in [-0.25, -0.2) is 4.98 Å². The van der Waals surface area contributed by atoms with Gasteiger partial charge in [0.15, 0.2) is 0 Å². The van der Waals surface area contributed by atoms with Crippen molar-refractivity contribution in [2.45, 2.75) is 19.9 Å². The second kappa shape index (κ2) is 6.03. The maximum Gasteiger partial charge on any atom is 0.226 e. The zero-order valence-electron chi connectivity index (χ0n) is 11.1. The van der Waals surface area contributed by atoms with Gasteiger partial charge < -0.3 is 15.8 Å². The van der Waals surface area contributed by atoms with Crippen LogP contribution in [-0.2, 0) is 13.6 Å². The van der Waals surface area contributed by atoms with Crippen LogP contribution in [0.25, 0.3) is 0 Å². The van der Waals surface area contributed by atoms with Gasteiger partial charge >= 0.3 is 0 Å². The molecule has 0 radical (unpaired) electrons. The van der Waals surface area contributed by atoms with Crippen LogP contribution in [0.3, 0.4) is 0 Å². The summed E-state index contributed by atoms with van der Waals surface area (Å²) in [5.74, 6) is 1.71. The molecule has 3 N–H and O–H groups in total. The van der Waals surface area contributed by atoms with Crippen molar-refractivity contribution in [2.24, 2.45) is 7.05 Å². The lowest BCUT2D eigenvalue weighted by atomic mass is 10.3. The number of rotatable bonds is 6. The van der Waals surface area contributed by atoms with E-state index in [9.17, 15) is 0 Å². The van der Waals surface area contributed by atoms with E-state index in [1.807, 2.05) is 6.92 Å².